The van der Waals surface area contributed by atoms with Crippen molar-refractivity contribution < 1.29 is 14.4 Å². The maximum Gasteiger partial charge on any atom is 0.270 e. The van der Waals surface area contributed by atoms with Crippen molar-refractivity contribution in [2.45, 2.75) is 31.5 Å². The summed E-state index contributed by atoms with van der Waals surface area (Å²) < 4.78 is 10.7. The van der Waals surface area contributed by atoms with Crippen molar-refractivity contribution in [2.24, 2.45) is 5.73 Å². The largest absolute Gasteiger partial charge is 0.496 e. The number of nitrogens with two attached hydrogens (primary N) is 1. The lowest BCUT2D eigenvalue weighted by Crippen LogP contribution is -2.48. The zero-order valence-corrected chi connectivity index (χ0v) is 14.3. The van der Waals surface area contributed by atoms with Gasteiger partial charge in [-0.05, 0) is 18.9 Å². The average molecular weight is 346 g/mol. The number of likely N-dealkylation sites (tertiary alicyclic amines) is 1. The van der Waals surface area contributed by atoms with Crippen LogP contribution < -0.4 is 10.5 Å². The monoisotopic (exact) mass is 345 g/mol. The van der Waals surface area contributed by atoms with E-state index in [9.17, 15) is 10.1 Å². The number of halogens is 1. The molecule has 0 saturated carbocycles. The van der Waals surface area contributed by atoms with E-state index in [1.54, 1.807) is 26.4 Å². The number of non-ortho nitro benzene ring substituents is 1. The van der Waals surface area contributed by atoms with E-state index >= 15 is 0 Å². The normalized spacial score (nSPS) is 21.5. The Morgan fingerprint density at radius 2 is 2.17 bits per heavy atom. The van der Waals surface area contributed by atoms with E-state index < -0.39 is 0 Å². The second-order valence-electron chi connectivity index (χ2n) is 5.50. The van der Waals surface area contributed by atoms with Gasteiger partial charge in [0.2, 0.25) is 0 Å². The summed E-state index contributed by atoms with van der Waals surface area (Å²) in [6.07, 6.45) is 2.05. The number of hydrogen-bond donors (Lipinski definition) is 1. The molecule has 1 aromatic rings. The third-order valence-corrected chi connectivity index (χ3v) is 4.24. The van der Waals surface area contributed by atoms with E-state index in [4.69, 9.17) is 15.2 Å². The lowest BCUT2D eigenvalue weighted by Gasteiger charge is -2.38. The van der Waals surface area contributed by atoms with Crippen LogP contribution in [0.4, 0.5) is 5.69 Å². The van der Waals surface area contributed by atoms with Gasteiger partial charge in [-0.1, -0.05) is 0 Å². The Morgan fingerprint density at radius 3 is 2.74 bits per heavy atom. The van der Waals surface area contributed by atoms with E-state index in [-0.39, 0.29) is 35.2 Å². The minimum Gasteiger partial charge on any atom is -0.496 e. The zero-order valence-electron chi connectivity index (χ0n) is 13.4. The molecular weight excluding hydrogens is 322 g/mol. The van der Waals surface area contributed by atoms with Crippen molar-refractivity contribution >= 4 is 18.1 Å². The van der Waals surface area contributed by atoms with Gasteiger partial charge in [0.05, 0.1) is 18.1 Å². The van der Waals surface area contributed by atoms with E-state index in [1.807, 2.05) is 0 Å². The molecule has 0 radical (unpaired) electrons. The summed E-state index contributed by atoms with van der Waals surface area (Å²) in [7, 11) is 3.29. The van der Waals surface area contributed by atoms with Crippen LogP contribution in [0.3, 0.4) is 0 Å². The molecule has 2 rings (SSSR count). The van der Waals surface area contributed by atoms with Gasteiger partial charge in [-0.25, -0.2) is 0 Å². The number of ether oxygens (including phenoxy) is 2. The second-order valence-corrected chi connectivity index (χ2v) is 5.50. The molecule has 0 amide bonds. The first-order valence-corrected chi connectivity index (χ1v) is 7.37. The van der Waals surface area contributed by atoms with Crippen molar-refractivity contribution in [3.63, 3.8) is 0 Å². The first-order chi connectivity index (χ1) is 10.6. The van der Waals surface area contributed by atoms with Gasteiger partial charge in [0.1, 0.15) is 5.75 Å². The molecule has 23 heavy (non-hydrogen) atoms. The molecule has 7 nitrogen and oxygen atoms in total. The van der Waals surface area contributed by atoms with Gasteiger partial charge in [0.25, 0.3) is 5.69 Å². The molecule has 2 N–H and O–H groups in total. The number of nitro benzene ring substituents is 1. The lowest BCUT2D eigenvalue weighted by atomic mass is 9.98. The van der Waals surface area contributed by atoms with E-state index in [0.717, 1.165) is 24.9 Å². The minimum absolute atomic E-state index is 0. The summed E-state index contributed by atoms with van der Waals surface area (Å²) in [6, 6.07) is 4.89. The molecule has 2 unspecified atom stereocenters. The highest BCUT2D eigenvalue weighted by Gasteiger charge is 2.28. The Bertz CT molecular complexity index is 529. The van der Waals surface area contributed by atoms with E-state index in [1.165, 1.54) is 6.07 Å². The number of rotatable bonds is 6. The minimum atomic E-state index is -0.388. The number of benzene rings is 1. The van der Waals surface area contributed by atoms with Crippen LogP contribution >= 0.6 is 12.4 Å². The van der Waals surface area contributed by atoms with Crippen LogP contribution in [-0.2, 0) is 11.3 Å². The molecule has 0 aromatic heterocycles. The Hall–Kier alpha value is -1.41. The number of hydrogen-bond acceptors (Lipinski definition) is 6. The fraction of sp³-hybridized carbons (Fsp3) is 0.600. The smallest absolute Gasteiger partial charge is 0.270 e. The van der Waals surface area contributed by atoms with Gasteiger partial charge in [0.15, 0.2) is 0 Å². The van der Waals surface area contributed by atoms with Gasteiger partial charge >= 0.3 is 0 Å². The summed E-state index contributed by atoms with van der Waals surface area (Å²) in [5.41, 5.74) is 6.76. The van der Waals surface area contributed by atoms with Crippen molar-refractivity contribution in [3.8, 4) is 5.75 Å². The first kappa shape index (κ1) is 19.6. The van der Waals surface area contributed by atoms with Gasteiger partial charge in [0, 0.05) is 50.5 Å². The molecule has 130 valence electrons. The standard InChI is InChI=1S/C15H23N3O4.ClH/c1-21-14-5-6-17(13(8-14)9-16)10-11-7-12(18(19)20)3-4-15(11)22-2;/h3-4,7,13-14H,5-6,8-10,16H2,1-2H3;1H. The van der Waals surface area contributed by atoms with Crippen LogP contribution in [0, 0.1) is 10.1 Å². The molecular formula is C15H24ClN3O4. The van der Waals surface area contributed by atoms with Crippen LogP contribution in [0.1, 0.15) is 18.4 Å². The van der Waals surface area contributed by atoms with Crippen LogP contribution in [0.5, 0.6) is 5.75 Å². The quantitative estimate of drug-likeness (QED) is 0.626. The molecule has 0 aliphatic carbocycles. The summed E-state index contributed by atoms with van der Waals surface area (Å²) in [5.74, 6) is 0.662. The van der Waals surface area contributed by atoms with Gasteiger partial charge in [-0.15, -0.1) is 12.4 Å². The third-order valence-electron chi connectivity index (χ3n) is 4.24. The number of methoxy groups -OCH3 is 2. The lowest BCUT2D eigenvalue weighted by molar-refractivity contribution is -0.385. The predicted molar refractivity (Wildman–Crippen MR) is 90.2 cm³/mol. The van der Waals surface area contributed by atoms with Gasteiger partial charge < -0.3 is 15.2 Å². The molecule has 1 saturated heterocycles. The Kier molecular flexibility index (Phi) is 7.70. The van der Waals surface area contributed by atoms with Crippen molar-refractivity contribution in [2.75, 3.05) is 27.3 Å². The van der Waals surface area contributed by atoms with Gasteiger partial charge in [-0.2, -0.15) is 0 Å². The highest BCUT2D eigenvalue weighted by Crippen LogP contribution is 2.28. The third kappa shape index (κ3) is 4.78. The topological polar surface area (TPSA) is 90.9 Å². The SMILES string of the molecule is COc1ccc([N+](=O)[O-])cc1CN1CCC(OC)CC1CN.Cl. The van der Waals surface area contributed by atoms with Crippen LogP contribution in [0.2, 0.25) is 0 Å². The molecule has 1 aromatic carbocycles. The fourth-order valence-corrected chi connectivity index (χ4v) is 2.95. The first-order valence-electron chi connectivity index (χ1n) is 7.37. The van der Waals surface area contributed by atoms with Crippen LogP contribution in [-0.4, -0.2) is 49.3 Å². The molecule has 1 fully saturated rings. The van der Waals surface area contributed by atoms with Crippen molar-refractivity contribution in [1.82, 2.24) is 4.90 Å². The molecule has 0 bridgehead atoms. The molecule has 1 aliphatic heterocycles. The highest BCUT2D eigenvalue weighted by molar-refractivity contribution is 5.85. The molecule has 1 heterocycles. The summed E-state index contributed by atoms with van der Waals surface area (Å²) in [4.78, 5) is 12.8. The molecule has 8 heteroatoms. The van der Waals surface area contributed by atoms with Gasteiger partial charge in [-0.3, -0.25) is 15.0 Å². The molecule has 1 aliphatic rings. The van der Waals surface area contributed by atoms with Crippen molar-refractivity contribution in [1.29, 1.82) is 0 Å². The maximum absolute atomic E-state index is 11.0. The predicted octanol–water partition coefficient (Wildman–Crippen LogP) is 1.96. The molecule has 0 spiro atoms. The summed E-state index contributed by atoms with van der Waals surface area (Å²) >= 11 is 0. The van der Waals surface area contributed by atoms with Crippen LogP contribution in [0.25, 0.3) is 0 Å². The van der Waals surface area contributed by atoms with Crippen molar-refractivity contribution in [3.05, 3.63) is 33.9 Å². The van der Waals surface area contributed by atoms with E-state index in [2.05, 4.69) is 4.90 Å². The summed E-state index contributed by atoms with van der Waals surface area (Å²) in [6.45, 7) is 1.98. The average Bonchev–Trinajstić information content (AvgIpc) is 2.55. The highest BCUT2D eigenvalue weighted by atomic mass is 35.5. The Balaban J connectivity index is 0.00000264. The fourth-order valence-electron chi connectivity index (χ4n) is 2.95. The van der Waals surface area contributed by atoms with Crippen LogP contribution in [0.15, 0.2) is 18.2 Å². The second kappa shape index (κ2) is 9.02. The number of nitrogens with zero attached hydrogens (tertiary/aromatic N) is 2. The zero-order chi connectivity index (χ0) is 16.1. The van der Waals surface area contributed by atoms with E-state index in [0.29, 0.717) is 18.8 Å². The number of nitro groups is 1. The Labute approximate surface area is 142 Å². The Morgan fingerprint density at radius 1 is 1.43 bits per heavy atom. The number of piperidine rings is 1. The molecule has 2 atom stereocenters. The maximum atomic E-state index is 11.0. The summed E-state index contributed by atoms with van der Waals surface area (Å²) in [5, 5.41) is 11.0.